The second-order valence-corrected chi connectivity index (χ2v) is 7.98. The first kappa shape index (κ1) is 24.8. The molecule has 0 spiro atoms. The minimum atomic E-state index is -1.04. The van der Waals surface area contributed by atoms with E-state index in [1.54, 1.807) is 56.5 Å². The highest BCUT2D eigenvalue weighted by molar-refractivity contribution is 6.23. The summed E-state index contributed by atoms with van der Waals surface area (Å²) < 4.78 is 10.8. The third-order valence-electron chi connectivity index (χ3n) is 5.62. The largest absolute Gasteiger partial charge is 0.497 e. The van der Waals surface area contributed by atoms with Crippen LogP contribution in [0.5, 0.6) is 5.75 Å². The molecule has 7 nitrogen and oxygen atoms in total. The molecule has 0 saturated heterocycles. The number of carboxylic acids is 1. The molecular formula is C27H29NO6. The summed E-state index contributed by atoms with van der Waals surface area (Å²) in [4.78, 5) is 39.2. The van der Waals surface area contributed by atoms with Gasteiger partial charge in [0.15, 0.2) is 0 Å². The number of hydrogen-bond acceptors (Lipinski definition) is 5. The number of methoxy groups -OCH3 is 1. The van der Waals surface area contributed by atoms with Crippen molar-refractivity contribution in [2.75, 3.05) is 18.6 Å². The molecule has 34 heavy (non-hydrogen) atoms. The zero-order valence-corrected chi connectivity index (χ0v) is 19.7. The Morgan fingerprint density at radius 2 is 1.79 bits per heavy atom. The van der Waals surface area contributed by atoms with Gasteiger partial charge in [-0.3, -0.25) is 9.69 Å². The van der Waals surface area contributed by atoms with Crippen LogP contribution in [0.1, 0.15) is 55.5 Å². The number of nitrogens with zero attached hydrogens (tertiary/aromatic N) is 1. The van der Waals surface area contributed by atoms with Crippen molar-refractivity contribution in [1.82, 2.24) is 0 Å². The maximum absolute atomic E-state index is 13.5. The number of amides is 1. The fourth-order valence-electron chi connectivity index (χ4n) is 3.79. The number of allylic oxidation sites excluding steroid dienone is 1. The van der Waals surface area contributed by atoms with Crippen LogP contribution in [0.25, 0.3) is 6.08 Å². The molecular weight excluding hydrogens is 434 g/mol. The third-order valence-corrected chi connectivity index (χ3v) is 5.62. The molecule has 0 fully saturated rings. The predicted molar refractivity (Wildman–Crippen MR) is 130 cm³/mol. The van der Waals surface area contributed by atoms with Gasteiger partial charge in [-0.25, -0.2) is 9.59 Å². The van der Waals surface area contributed by atoms with Gasteiger partial charge in [-0.2, -0.15) is 0 Å². The number of benzene rings is 2. The molecule has 1 heterocycles. The van der Waals surface area contributed by atoms with E-state index in [0.29, 0.717) is 22.7 Å². The maximum Gasteiger partial charge on any atom is 0.340 e. The summed E-state index contributed by atoms with van der Waals surface area (Å²) in [7, 11) is 1.54. The molecule has 1 aliphatic heterocycles. The van der Waals surface area contributed by atoms with E-state index in [1.807, 2.05) is 0 Å². The maximum atomic E-state index is 13.5. The molecule has 7 heteroatoms. The number of ether oxygens (including phenoxy) is 2. The number of carbonyl (C=O) groups is 3. The van der Waals surface area contributed by atoms with Crippen molar-refractivity contribution in [2.24, 2.45) is 0 Å². The number of anilines is 1. The second-order valence-electron chi connectivity index (χ2n) is 7.98. The standard InChI is InChI=1S/C27H29NO6/c1-4-5-6-7-15-34-27(32)24-18(2)28(21-9-8-10-22(17-21)33-3)25(29)23(24)16-19-11-13-20(14-12-19)26(30)31/h8-14,16-17H,4-7,15H2,1-3H3,(H,30,31)/b23-16-. The van der Waals surface area contributed by atoms with Gasteiger partial charge in [-0.05, 0) is 49.2 Å². The molecule has 3 rings (SSSR count). The van der Waals surface area contributed by atoms with Crippen LogP contribution in [0.15, 0.2) is 65.4 Å². The lowest BCUT2D eigenvalue weighted by Crippen LogP contribution is -2.24. The quantitative estimate of drug-likeness (QED) is 0.295. The molecule has 0 unspecified atom stereocenters. The van der Waals surface area contributed by atoms with Gasteiger partial charge in [0, 0.05) is 11.8 Å². The van der Waals surface area contributed by atoms with E-state index in [4.69, 9.17) is 14.6 Å². The number of hydrogen-bond donors (Lipinski definition) is 1. The first-order valence-electron chi connectivity index (χ1n) is 11.3. The second kappa shape index (κ2) is 11.3. The minimum absolute atomic E-state index is 0.136. The molecule has 0 aromatic heterocycles. The summed E-state index contributed by atoms with van der Waals surface area (Å²) in [6.45, 7) is 4.10. The van der Waals surface area contributed by atoms with Crippen molar-refractivity contribution < 1.29 is 29.0 Å². The highest BCUT2D eigenvalue weighted by Gasteiger charge is 2.38. The van der Waals surface area contributed by atoms with E-state index in [1.165, 1.54) is 17.0 Å². The van der Waals surface area contributed by atoms with Crippen LogP contribution < -0.4 is 9.64 Å². The molecule has 0 atom stereocenters. The average Bonchev–Trinajstić information content (AvgIpc) is 3.08. The fraction of sp³-hybridized carbons (Fsp3) is 0.296. The van der Waals surface area contributed by atoms with Gasteiger partial charge >= 0.3 is 11.9 Å². The summed E-state index contributed by atoms with van der Waals surface area (Å²) in [6, 6.07) is 13.1. The zero-order chi connectivity index (χ0) is 24.7. The Labute approximate surface area is 199 Å². The molecule has 2 aromatic rings. The number of esters is 1. The van der Waals surface area contributed by atoms with Crippen molar-refractivity contribution in [2.45, 2.75) is 39.5 Å². The topological polar surface area (TPSA) is 93.1 Å². The van der Waals surface area contributed by atoms with Gasteiger partial charge in [-0.1, -0.05) is 44.4 Å². The Kier molecular flexibility index (Phi) is 8.24. The van der Waals surface area contributed by atoms with Crippen molar-refractivity contribution in [3.05, 3.63) is 76.5 Å². The van der Waals surface area contributed by atoms with Crippen LogP contribution in [0.4, 0.5) is 5.69 Å². The van der Waals surface area contributed by atoms with E-state index in [9.17, 15) is 14.4 Å². The summed E-state index contributed by atoms with van der Waals surface area (Å²) in [5, 5.41) is 9.14. The van der Waals surface area contributed by atoms with Gasteiger partial charge in [0.05, 0.1) is 36.1 Å². The minimum Gasteiger partial charge on any atom is -0.497 e. The number of rotatable bonds is 10. The lowest BCUT2D eigenvalue weighted by molar-refractivity contribution is -0.139. The van der Waals surface area contributed by atoms with E-state index >= 15 is 0 Å². The average molecular weight is 464 g/mol. The summed E-state index contributed by atoms with van der Waals surface area (Å²) in [5.41, 5.74) is 2.16. The summed E-state index contributed by atoms with van der Waals surface area (Å²) in [5.74, 6) is -1.38. The molecule has 0 aliphatic carbocycles. The zero-order valence-electron chi connectivity index (χ0n) is 19.7. The van der Waals surface area contributed by atoms with Crippen molar-refractivity contribution in [1.29, 1.82) is 0 Å². The van der Waals surface area contributed by atoms with Crippen LogP contribution in [-0.2, 0) is 14.3 Å². The number of unbranched alkanes of at least 4 members (excludes halogenated alkanes) is 3. The Balaban J connectivity index is 1.98. The normalized spacial score (nSPS) is 14.6. The monoisotopic (exact) mass is 463 g/mol. The molecule has 2 aromatic carbocycles. The van der Waals surface area contributed by atoms with Gasteiger partial charge in [-0.15, -0.1) is 0 Å². The number of aromatic carboxylic acids is 1. The highest BCUT2D eigenvalue weighted by Crippen LogP contribution is 2.36. The summed E-state index contributed by atoms with van der Waals surface area (Å²) >= 11 is 0. The van der Waals surface area contributed by atoms with Crippen LogP contribution in [-0.4, -0.2) is 36.7 Å². The Bertz CT molecular complexity index is 1130. The van der Waals surface area contributed by atoms with Crippen molar-refractivity contribution >= 4 is 29.6 Å². The predicted octanol–water partition coefficient (Wildman–Crippen LogP) is 5.22. The Hall–Kier alpha value is -3.87. The molecule has 1 amide bonds. The first-order valence-corrected chi connectivity index (χ1v) is 11.3. The summed E-state index contributed by atoms with van der Waals surface area (Å²) in [6.07, 6.45) is 5.46. The van der Waals surface area contributed by atoms with Gasteiger partial charge in [0.25, 0.3) is 5.91 Å². The molecule has 178 valence electrons. The van der Waals surface area contributed by atoms with Gasteiger partial charge in [0.2, 0.25) is 0 Å². The Morgan fingerprint density at radius 1 is 1.06 bits per heavy atom. The van der Waals surface area contributed by atoms with Crippen LogP contribution in [0.2, 0.25) is 0 Å². The molecule has 1 N–H and O–H groups in total. The molecule has 1 aliphatic rings. The lowest BCUT2D eigenvalue weighted by Gasteiger charge is -2.18. The van der Waals surface area contributed by atoms with Crippen molar-refractivity contribution in [3.63, 3.8) is 0 Å². The third kappa shape index (κ3) is 5.54. The van der Waals surface area contributed by atoms with Crippen LogP contribution in [0.3, 0.4) is 0 Å². The van der Waals surface area contributed by atoms with Gasteiger partial charge < -0.3 is 14.6 Å². The van der Waals surface area contributed by atoms with E-state index in [0.717, 1.165) is 25.7 Å². The molecule has 0 saturated carbocycles. The van der Waals surface area contributed by atoms with Crippen molar-refractivity contribution in [3.8, 4) is 5.75 Å². The number of carboxylic acid groups (broad SMARTS) is 1. The lowest BCUT2D eigenvalue weighted by atomic mass is 10.0. The Morgan fingerprint density at radius 3 is 2.44 bits per heavy atom. The van der Waals surface area contributed by atoms with E-state index in [-0.39, 0.29) is 29.2 Å². The van der Waals surface area contributed by atoms with Crippen LogP contribution >= 0.6 is 0 Å². The molecule has 0 radical (unpaired) electrons. The fourth-order valence-corrected chi connectivity index (χ4v) is 3.79. The smallest absolute Gasteiger partial charge is 0.340 e. The van der Waals surface area contributed by atoms with Crippen LogP contribution in [0, 0.1) is 0 Å². The van der Waals surface area contributed by atoms with Gasteiger partial charge in [0.1, 0.15) is 5.75 Å². The molecule has 0 bridgehead atoms. The van der Waals surface area contributed by atoms with E-state index in [2.05, 4.69) is 6.92 Å². The number of carbonyl (C=O) groups excluding carboxylic acids is 2. The SMILES string of the molecule is CCCCCCOC(=O)C1=C(C)N(c2cccc(OC)c2)C(=O)/C1=C\c1ccc(C(=O)O)cc1. The van der Waals surface area contributed by atoms with E-state index < -0.39 is 11.9 Å². The highest BCUT2D eigenvalue weighted by atomic mass is 16.5. The first-order chi connectivity index (χ1) is 16.4.